The highest BCUT2D eigenvalue weighted by Crippen LogP contribution is 2.30. The minimum atomic E-state index is -1.64. The lowest BCUT2D eigenvalue weighted by atomic mass is 10.1. The number of non-ortho nitro benzene ring substituents is 1. The van der Waals surface area contributed by atoms with Crippen LogP contribution in [0.5, 0.6) is 5.75 Å². The summed E-state index contributed by atoms with van der Waals surface area (Å²) in [4.78, 5) is 30.4. The lowest BCUT2D eigenvalue weighted by molar-refractivity contribution is -0.384. The van der Waals surface area contributed by atoms with Crippen molar-refractivity contribution in [2.24, 2.45) is 4.99 Å². The molecule has 0 N–H and O–H groups in total. The van der Waals surface area contributed by atoms with E-state index in [1.807, 2.05) is 0 Å². The molecule has 0 bridgehead atoms. The van der Waals surface area contributed by atoms with E-state index < -0.39 is 22.4 Å². The van der Waals surface area contributed by atoms with Gasteiger partial charge in [0.15, 0.2) is 29.1 Å². The Morgan fingerprint density at radius 2 is 1.74 bits per heavy atom. The van der Waals surface area contributed by atoms with Gasteiger partial charge in [0.1, 0.15) is 0 Å². The molecule has 7 nitrogen and oxygen atoms in total. The molecular weight excluding hydrogens is 367 g/mol. The minimum Gasteiger partial charge on any atom is -0.372 e. The predicted molar refractivity (Wildman–Crippen MR) is 87.6 cm³/mol. The molecule has 0 fully saturated rings. The molecule has 2 aromatic carbocycles. The van der Waals surface area contributed by atoms with Gasteiger partial charge < -0.3 is 4.84 Å². The molecule has 1 aliphatic heterocycles. The Kier molecular flexibility index (Phi) is 4.73. The SMILES string of the molecule is O=C=C1N=CC=C(c2cc(F)c(F)c(F)c2)N1Oc1ccc([N+](=O)[O-])cc1. The summed E-state index contributed by atoms with van der Waals surface area (Å²) in [5.74, 6) is -3.31. The Labute approximate surface area is 149 Å². The third-order valence-corrected chi connectivity index (χ3v) is 3.46. The maximum absolute atomic E-state index is 13.6. The minimum absolute atomic E-state index is 0.0282. The fourth-order valence-electron chi connectivity index (χ4n) is 2.22. The van der Waals surface area contributed by atoms with Crippen LogP contribution in [-0.4, -0.2) is 22.1 Å². The van der Waals surface area contributed by atoms with E-state index in [-0.39, 0.29) is 28.5 Å². The number of allylic oxidation sites excluding steroid dienone is 1. The molecule has 0 aromatic heterocycles. The van der Waals surface area contributed by atoms with Crippen molar-refractivity contribution in [2.45, 2.75) is 0 Å². The van der Waals surface area contributed by atoms with E-state index in [1.165, 1.54) is 30.4 Å². The fraction of sp³-hybridized carbons (Fsp3) is 0. The molecule has 27 heavy (non-hydrogen) atoms. The zero-order chi connectivity index (χ0) is 19.6. The molecule has 0 saturated heterocycles. The monoisotopic (exact) mass is 375 g/mol. The molecule has 136 valence electrons. The van der Waals surface area contributed by atoms with Crippen LogP contribution in [0.3, 0.4) is 0 Å². The topological polar surface area (TPSA) is 85.0 Å². The summed E-state index contributed by atoms with van der Waals surface area (Å²) < 4.78 is 40.3. The van der Waals surface area contributed by atoms with Crippen molar-refractivity contribution in [1.29, 1.82) is 0 Å². The van der Waals surface area contributed by atoms with E-state index >= 15 is 0 Å². The number of nitro groups is 1. The van der Waals surface area contributed by atoms with Crippen molar-refractivity contribution in [1.82, 2.24) is 5.06 Å². The highest BCUT2D eigenvalue weighted by atomic mass is 19.2. The summed E-state index contributed by atoms with van der Waals surface area (Å²) in [6, 6.07) is 6.27. The number of rotatable bonds is 4. The Bertz CT molecular complexity index is 1010. The van der Waals surface area contributed by atoms with Crippen LogP contribution in [-0.2, 0) is 4.79 Å². The first-order valence-corrected chi connectivity index (χ1v) is 7.27. The summed E-state index contributed by atoms with van der Waals surface area (Å²) in [6.45, 7) is 0. The number of benzene rings is 2. The Balaban J connectivity index is 1.99. The average molecular weight is 375 g/mol. The van der Waals surface area contributed by atoms with Crippen molar-refractivity contribution in [3.8, 4) is 5.75 Å². The van der Waals surface area contributed by atoms with Gasteiger partial charge in [0.2, 0.25) is 0 Å². The summed E-state index contributed by atoms with van der Waals surface area (Å²) in [7, 11) is 0. The molecule has 10 heteroatoms. The van der Waals surface area contributed by atoms with Gasteiger partial charge >= 0.3 is 0 Å². The Hall–Kier alpha value is -3.91. The quantitative estimate of drug-likeness (QED) is 0.354. The molecule has 0 unspecified atom stereocenters. The zero-order valence-electron chi connectivity index (χ0n) is 13.2. The van der Waals surface area contributed by atoms with E-state index in [0.717, 1.165) is 29.3 Å². The van der Waals surface area contributed by atoms with Crippen molar-refractivity contribution in [3.05, 3.63) is 81.4 Å². The smallest absolute Gasteiger partial charge is 0.269 e. The molecule has 0 aliphatic carbocycles. The van der Waals surface area contributed by atoms with Gasteiger partial charge in [-0.05, 0) is 30.3 Å². The molecule has 3 rings (SSSR count). The normalized spacial score (nSPS) is 13.2. The number of nitrogens with zero attached hydrogens (tertiary/aromatic N) is 3. The van der Waals surface area contributed by atoms with Gasteiger partial charge in [-0.2, -0.15) is 0 Å². The third kappa shape index (κ3) is 3.55. The van der Waals surface area contributed by atoms with Gasteiger partial charge in [0.25, 0.3) is 11.5 Å². The maximum atomic E-state index is 13.6. The third-order valence-electron chi connectivity index (χ3n) is 3.46. The first-order chi connectivity index (χ1) is 12.9. The number of hydrogen-bond donors (Lipinski definition) is 0. The van der Waals surface area contributed by atoms with E-state index in [0.29, 0.717) is 0 Å². The molecule has 0 amide bonds. The molecular formula is C17H8F3N3O4. The van der Waals surface area contributed by atoms with Gasteiger partial charge in [0, 0.05) is 23.9 Å². The number of halogens is 3. The van der Waals surface area contributed by atoms with E-state index in [2.05, 4.69) is 4.99 Å². The van der Waals surface area contributed by atoms with Crippen LogP contribution in [0.15, 0.2) is 53.3 Å². The van der Waals surface area contributed by atoms with Gasteiger partial charge in [0.05, 0.1) is 10.6 Å². The van der Waals surface area contributed by atoms with Crippen LogP contribution in [0, 0.1) is 27.6 Å². The summed E-state index contributed by atoms with van der Waals surface area (Å²) in [5, 5.41) is 11.5. The van der Waals surface area contributed by atoms with Crippen LogP contribution in [0.4, 0.5) is 18.9 Å². The maximum Gasteiger partial charge on any atom is 0.269 e. The lowest BCUT2D eigenvalue weighted by Crippen LogP contribution is -2.27. The predicted octanol–water partition coefficient (Wildman–Crippen LogP) is 3.41. The number of hydroxylamine groups is 2. The van der Waals surface area contributed by atoms with Crippen LogP contribution in [0.2, 0.25) is 0 Å². The summed E-state index contributed by atoms with van der Waals surface area (Å²) >= 11 is 0. The molecule has 1 aliphatic rings. The van der Waals surface area contributed by atoms with Gasteiger partial charge in [-0.25, -0.2) is 23.0 Å². The van der Waals surface area contributed by atoms with Crippen molar-refractivity contribution >= 4 is 23.5 Å². The van der Waals surface area contributed by atoms with Crippen molar-refractivity contribution in [3.63, 3.8) is 0 Å². The summed E-state index contributed by atoms with van der Waals surface area (Å²) in [6.07, 6.45) is 2.45. The van der Waals surface area contributed by atoms with Crippen LogP contribution in [0.1, 0.15) is 5.56 Å². The Morgan fingerprint density at radius 3 is 2.30 bits per heavy atom. The number of nitro benzene ring substituents is 1. The molecule has 0 atom stereocenters. The number of aliphatic imine (C=N–C) groups is 1. The lowest BCUT2D eigenvalue weighted by Gasteiger charge is -2.26. The molecule has 0 radical (unpaired) electrons. The molecule has 2 aromatic rings. The highest BCUT2D eigenvalue weighted by molar-refractivity contribution is 5.88. The van der Waals surface area contributed by atoms with Crippen molar-refractivity contribution < 1.29 is 27.7 Å². The van der Waals surface area contributed by atoms with Gasteiger partial charge in [-0.1, -0.05) is 0 Å². The second kappa shape index (κ2) is 7.14. The molecule has 1 heterocycles. The zero-order valence-corrected chi connectivity index (χ0v) is 13.2. The fourth-order valence-corrected chi connectivity index (χ4v) is 2.22. The van der Waals surface area contributed by atoms with Crippen LogP contribution >= 0.6 is 0 Å². The van der Waals surface area contributed by atoms with Crippen molar-refractivity contribution in [2.75, 3.05) is 0 Å². The Morgan fingerprint density at radius 1 is 1.11 bits per heavy atom. The van der Waals surface area contributed by atoms with Gasteiger partial charge in [-0.3, -0.25) is 10.1 Å². The van der Waals surface area contributed by atoms with Crippen LogP contribution < -0.4 is 4.84 Å². The largest absolute Gasteiger partial charge is 0.372 e. The van der Waals surface area contributed by atoms with E-state index in [9.17, 15) is 28.1 Å². The van der Waals surface area contributed by atoms with Crippen LogP contribution in [0.25, 0.3) is 5.70 Å². The van der Waals surface area contributed by atoms with E-state index in [4.69, 9.17) is 4.84 Å². The first-order valence-electron chi connectivity index (χ1n) is 7.27. The highest BCUT2D eigenvalue weighted by Gasteiger charge is 2.24. The molecule has 0 saturated carbocycles. The first kappa shape index (κ1) is 17.9. The second-order valence-corrected chi connectivity index (χ2v) is 5.15. The number of carbonyl (C=O) groups excluding carboxylic acids is 1. The second-order valence-electron chi connectivity index (χ2n) is 5.15. The average Bonchev–Trinajstić information content (AvgIpc) is 2.66. The standard InChI is InChI=1S/C17H8F3N3O4/c18-13-7-10(8-14(19)17(13)20)15-5-6-21-16(9-24)22(15)27-12-3-1-11(2-4-12)23(25)26/h1-8H. The van der Waals surface area contributed by atoms with E-state index in [1.54, 1.807) is 0 Å². The summed E-state index contributed by atoms with van der Waals surface area (Å²) in [5.41, 5.74) is -0.352. The van der Waals surface area contributed by atoms with Gasteiger partial charge in [-0.15, -0.1) is 5.06 Å². The number of hydrogen-bond acceptors (Lipinski definition) is 6. The molecule has 0 spiro atoms.